The van der Waals surface area contributed by atoms with Crippen LogP contribution >= 0.6 is 15.9 Å². The number of alkyl halides is 3. The molecule has 0 heterocycles. The first-order valence-electron chi connectivity index (χ1n) is 7.06. The number of benzene rings is 1. The Labute approximate surface area is 131 Å². The van der Waals surface area contributed by atoms with Gasteiger partial charge in [-0.05, 0) is 65.2 Å². The molecule has 3 atom stereocenters. The Balaban J connectivity index is 2.03. The van der Waals surface area contributed by atoms with E-state index in [1.807, 2.05) is 0 Å². The van der Waals surface area contributed by atoms with Crippen LogP contribution in [0.5, 0.6) is 5.75 Å². The Hall–Kier alpha value is -0.910. The summed E-state index contributed by atoms with van der Waals surface area (Å²) >= 11 is 3.12. The molecule has 0 spiro atoms. The fraction of sp³-hybridized carbons (Fsp3) is 0.600. The third-order valence-electron chi connectivity index (χ3n) is 3.94. The molecule has 0 radical (unpaired) electrons. The second-order valence-electron chi connectivity index (χ2n) is 5.84. The van der Waals surface area contributed by atoms with E-state index in [9.17, 15) is 13.2 Å². The smallest absolute Gasteiger partial charge is 0.405 e. The highest BCUT2D eigenvalue weighted by Crippen LogP contribution is 2.35. The molecule has 0 bridgehead atoms. The largest absolute Gasteiger partial charge is 0.573 e. The van der Waals surface area contributed by atoms with Crippen molar-refractivity contribution in [1.82, 2.24) is 0 Å². The van der Waals surface area contributed by atoms with Gasteiger partial charge in [0.15, 0.2) is 0 Å². The van der Waals surface area contributed by atoms with Gasteiger partial charge in [-0.3, -0.25) is 0 Å². The number of ether oxygens (including phenoxy) is 1. The summed E-state index contributed by atoms with van der Waals surface area (Å²) in [4.78, 5) is 0. The zero-order chi connectivity index (χ0) is 15.6. The second-order valence-corrected chi connectivity index (χ2v) is 6.69. The first-order valence-corrected chi connectivity index (χ1v) is 7.85. The van der Waals surface area contributed by atoms with Gasteiger partial charge in [-0.1, -0.05) is 13.8 Å². The van der Waals surface area contributed by atoms with Crippen molar-refractivity contribution in [1.29, 1.82) is 0 Å². The van der Waals surface area contributed by atoms with Crippen LogP contribution in [0, 0.1) is 11.8 Å². The van der Waals surface area contributed by atoms with Crippen LogP contribution in [0.3, 0.4) is 0 Å². The molecule has 0 amide bonds. The van der Waals surface area contributed by atoms with Gasteiger partial charge in [0, 0.05) is 11.7 Å². The predicted molar refractivity (Wildman–Crippen MR) is 80.4 cm³/mol. The molecule has 0 aliphatic heterocycles. The van der Waals surface area contributed by atoms with E-state index < -0.39 is 6.36 Å². The van der Waals surface area contributed by atoms with Crippen LogP contribution < -0.4 is 10.1 Å². The summed E-state index contributed by atoms with van der Waals surface area (Å²) in [5.74, 6) is 1.07. The molecule has 1 aromatic rings. The van der Waals surface area contributed by atoms with Gasteiger partial charge in [0.1, 0.15) is 5.75 Å². The molecule has 0 saturated heterocycles. The van der Waals surface area contributed by atoms with Gasteiger partial charge in [-0.15, -0.1) is 13.2 Å². The van der Waals surface area contributed by atoms with E-state index in [4.69, 9.17) is 0 Å². The van der Waals surface area contributed by atoms with E-state index in [0.717, 1.165) is 18.0 Å². The lowest BCUT2D eigenvalue weighted by molar-refractivity contribution is -0.274. The Morgan fingerprint density at radius 2 is 1.95 bits per heavy atom. The monoisotopic (exact) mass is 365 g/mol. The molecule has 21 heavy (non-hydrogen) atoms. The molecular formula is C15H19BrF3NO. The van der Waals surface area contributed by atoms with Crippen molar-refractivity contribution in [2.45, 2.75) is 45.5 Å². The van der Waals surface area contributed by atoms with E-state index in [-0.39, 0.29) is 5.75 Å². The molecule has 1 N–H and O–H groups in total. The van der Waals surface area contributed by atoms with Crippen LogP contribution in [-0.2, 0) is 0 Å². The third-order valence-corrected chi connectivity index (χ3v) is 4.56. The molecular weight excluding hydrogens is 347 g/mol. The van der Waals surface area contributed by atoms with Crippen molar-refractivity contribution >= 4 is 21.6 Å². The van der Waals surface area contributed by atoms with E-state index in [2.05, 4.69) is 39.8 Å². The summed E-state index contributed by atoms with van der Waals surface area (Å²) in [5, 5.41) is 3.42. The lowest BCUT2D eigenvalue weighted by atomic mass is 9.80. The van der Waals surface area contributed by atoms with Gasteiger partial charge in [0.05, 0.1) is 4.47 Å². The number of nitrogens with one attached hydrogen (secondary N) is 1. The number of rotatable bonds is 3. The van der Waals surface area contributed by atoms with Gasteiger partial charge in [-0.2, -0.15) is 0 Å². The van der Waals surface area contributed by atoms with Gasteiger partial charge in [0.2, 0.25) is 0 Å². The lowest BCUT2D eigenvalue weighted by Gasteiger charge is -2.34. The average molecular weight is 366 g/mol. The van der Waals surface area contributed by atoms with E-state index >= 15 is 0 Å². The maximum Gasteiger partial charge on any atom is 0.573 e. The first-order chi connectivity index (χ1) is 9.74. The number of anilines is 1. The fourth-order valence-corrected chi connectivity index (χ4v) is 3.35. The molecule has 1 fully saturated rings. The van der Waals surface area contributed by atoms with Crippen molar-refractivity contribution < 1.29 is 17.9 Å². The van der Waals surface area contributed by atoms with Crippen LogP contribution in [-0.4, -0.2) is 12.4 Å². The molecule has 118 valence electrons. The van der Waals surface area contributed by atoms with Gasteiger partial charge >= 0.3 is 6.36 Å². The maximum absolute atomic E-state index is 12.2. The predicted octanol–water partition coefficient (Wildman–Crippen LogP) is 5.58. The summed E-state index contributed by atoms with van der Waals surface area (Å²) in [6.45, 7) is 4.47. The molecule has 1 saturated carbocycles. The van der Waals surface area contributed by atoms with Crippen LogP contribution in [0.25, 0.3) is 0 Å². The van der Waals surface area contributed by atoms with Crippen molar-refractivity contribution in [2.24, 2.45) is 11.8 Å². The molecule has 1 aromatic carbocycles. The second kappa shape index (κ2) is 6.46. The van der Waals surface area contributed by atoms with Crippen molar-refractivity contribution in [3.05, 3.63) is 22.7 Å². The molecule has 0 aromatic heterocycles. The highest BCUT2D eigenvalue weighted by molar-refractivity contribution is 9.10. The SMILES string of the molecule is CC1CCC(Nc2ccc(OC(F)(F)F)c(Br)c2)C(C)C1. The third kappa shape index (κ3) is 4.80. The Morgan fingerprint density at radius 1 is 1.24 bits per heavy atom. The van der Waals surface area contributed by atoms with Crippen molar-refractivity contribution in [2.75, 3.05) is 5.32 Å². The molecule has 2 rings (SSSR count). The molecule has 1 aliphatic rings. The van der Waals surface area contributed by atoms with Crippen LogP contribution in [0.2, 0.25) is 0 Å². The Morgan fingerprint density at radius 3 is 2.52 bits per heavy atom. The number of halogens is 4. The highest BCUT2D eigenvalue weighted by atomic mass is 79.9. The van der Waals surface area contributed by atoms with Crippen molar-refractivity contribution in [3.8, 4) is 5.75 Å². The standard InChI is InChI=1S/C15H19BrF3NO/c1-9-3-5-13(10(2)7-9)20-11-4-6-14(12(16)8-11)21-15(17,18)19/h4,6,8-10,13,20H,3,5,7H2,1-2H3. The average Bonchev–Trinajstić information content (AvgIpc) is 2.35. The fourth-order valence-electron chi connectivity index (χ4n) is 2.89. The summed E-state index contributed by atoms with van der Waals surface area (Å²) < 4.78 is 40.9. The topological polar surface area (TPSA) is 21.3 Å². The zero-order valence-electron chi connectivity index (χ0n) is 12.0. The van der Waals surface area contributed by atoms with Gasteiger partial charge < -0.3 is 10.1 Å². The minimum absolute atomic E-state index is 0.224. The van der Waals surface area contributed by atoms with Gasteiger partial charge in [-0.25, -0.2) is 0 Å². The number of hydrogen-bond donors (Lipinski definition) is 1. The number of hydrogen-bond acceptors (Lipinski definition) is 2. The summed E-state index contributed by atoms with van der Waals surface area (Å²) in [6.07, 6.45) is -1.24. The quantitative estimate of drug-likeness (QED) is 0.754. The summed E-state index contributed by atoms with van der Waals surface area (Å²) in [6, 6.07) is 4.95. The molecule has 2 nitrogen and oxygen atoms in total. The molecule has 3 unspecified atom stereocenters. The summed E-state index contributed by atoms with van der Waals surface area (Å²) in [7, 11) is 0. The van der Waals surface area contributed by atoms with Crippen LogP contribution in [0.4, 0.5) is 18.9 Å². The van der Waals surface area contributed by atoms with Crippen LogP contribution in [0.15, 0.2) is 22.7 Å². The van der Waals surface area contributed by atoms with E-state index in [0.29, 0.717) is 16.4 Å². The highest BCUT2D eigenvalue weighted by Gasteiger charge is 2.32. The Bertz CT molecular complexity index is 492. The molecule has 1 aliphatic carbocycles. The van der Waals surface area contributed by atoms with E-state index in [1.165, 1.54) is 18.9 Å². The van der Waals surface area contributed by atoms with E-state index in [1.54, 1.807) is 12.1 Å². The molecule has 6 heteroatoms. The minimum Gasteiger partial charge on any atom is -0.405 e. The Kier molecular flexibility index (Phi) is 5.07. The van der Waals surface area contributed by atoms with Crippen molar-refractivity contribution in [3.63, 3.8) is 0 Å². The first kappa shape index (κ1) is 16.5. The van der Waals surface area contributed by atoms with Crippen LogP contribution in [0.1, 0.15) is 33.1 Å². The normalized spacial score (nSPS) is 26.5. The maximum atomic E-state index is 12.2. The zero-order valence-corrected chi connectivity index (χ0v) is 13.6. The summed E-state index contributed by atoms with van der Waals surface area (Å²) in [5.41, 5.74) is 0.808. The van der Waals surface area contributed by atoms with Gasteiger partial charge in [0.25, 0.3) is 0 Å². The minimum atomic E-state index is -4.68. The lowest BCUT2D eigenvalue weighted by Crippen LogP contribution is -2.32.